The third kappa shape index (κ3) is 6.48. The van der Waals surface area contributed by atoms with E-state index in [4.69, 9.17) is 4.74 Å². The molecule has 182 valence electrons. The number of hydrogen-bond acceptors (Lipinski definition) is 5. The first-order valence-corrected chi connectivity index (χ1v) is 12.6. The Kier molecular flexibility index (Phi) is 8.55. The van der Waals surface area contributed by atoms with Gasteiger partial charge in [0.25, 0.3) is 0 Å². The molecule has 0 aliphatic rings. The van der Waals surface area contributed by atoms with Crippen LogP contribution >= 0.6 is 11.8 Å². The summed E-state index contributed by atoms with van der Waals surface area (Å²) < 4.78 is 7.34. The van der Waals surface area contributed by atoms with E-state index in [-0.39, 0.29) is 17.1 Å². The van der Waals surface area contributed by atoms with Crippen LogP contribution in [-0.4, -0.2) is 40.1 Å². The highest BCUT2D eigenvalue weighted by atomic mass is 32.2. The van der Waals surface area contributed by atoms with Crippen LogP contribution in [0.4, 0.5) is 5.69 Å². The summed E-state index contributed by atoms with van der Waals surface area (Å²) in [7, 11) is 1.70. The van der Waals surface area contributed by atoms with Crippen LogP contribution in [0.2, 0.25) is 0 Å². The number of carbonyl (C=O) groups excluding carboxylic acids is 1. The van der Waals surface area contributed by atoms with Crippen LogP contribution in [0.1, 0.15) is 49.4 Å². The number of methoxy groups -OCH3 is 1. The molecule has 0 fully saturated rings. The van der Waals surface area contributed by atoms with Crippen LogP contribution in [0.5, 0.6) is 0 Å². The summed E-state index contributed by atoms with van der Waals surface area (Å²) >= 11 is 1.41. The quantitative estimate of drug-likeness (QED) is 0.303. The van der Waals surface area contributed by atoms with Crippen LogP contribution in [0.25, 0.3) is 11.4 Å². The zero-order valence-electron chi connectivity index (χ0n) is 21.4. The molecule has 0 saturated carbocycles. The number of nitrogens with zero attached hydrogens (tertiary/aromatic N) is 3. The van der Waals surface area contributed by atoms with Crippen molar-refractivity contribution in [3.05, 3.63) is 58.7 Å². The van der Waals surface area contributed by atoms with E-state index in [0.717, 1.165) is 46.3 Å². The van der Waals surface area contributed by atoms with Crippen molar-refractivity contribution in [2.24, 2.45) is 0 Å². The molecular weight excluding hydrogens is 444 g/mol. The second-order valence-corrected chi connectivity index (χ2v) is 10.7. The van der Waals surface area contributed by atoms with Crippen molar-refractivity contribution in [2.75, 3.05) is 24.8 Å². The van der Waals surface area contributed by atoms with Gasteiger partial charge in [0.05, 0.1) is 5.75 Å². The first-order chi connectivity index (χ1) is 16.1. The van der Waals surface area contributed by atoms with Gasteiger partial charge in [-0.1, -0.05) is 74.5 Å². The Hall–Kier alpha value is -2.64. The molecule has 0 bridgehead atoms. The van der Waals surface area contributed by atoms with Gasteiger partial charge in [-0.05, 0) is 49.3 Å². The van der Waals surface area contributed by atoms with E-state index in [0.29, 0.717) is 6.61 Å². The number of thioether (sulfide) groups is 1. The van der Waals surface area contributed by atoms with Crippen molar-refractivity contribution in [1.29, 1.82) is 0 Å². The molecule has 0 aliphatic carbocycles. The second kappa shape index (κ2) is 11.2. The minimum absolute atomic E-state index is 0.0532. The molecule has 3 rings (SSSR count). The lowest BCUT2D eigenvalue weighted by atomic mass is 9.87. The molecule has 1 N–H and O–H groups in total. The van der Waals surface area contributed by atoms with E-state index in [2.05, 4.69) is 84.2 Å². The summed E-state index contributed by atoms with van der Waals surface area (Å²) in [5.74, 6) is 1.02. The highest BCUT2D eigenvalue weighted by Gasteiger charge is 2.18. The van der Waals surface area contributed by atoms with Crippen molar-refractivity contribution in [2.45, 2.75) is 65.1 Å². The lowest BCUT2D eigenvalue weighted by Crippen LogP contribution is -2.16. The fraction of sp³-hybridized carbons (Fsp3) is 0.444. The SMILES string of the molecule is COCCCn1c(SCC(=O)Nc2c(C)cc(C)cc2C)nnc1-c1ccc(C(C)(C)C)cc1. The molecule has 0 atom stereocenters. The average molecular weight is 481 g/mol. The summed E-state index contributed by atoms with van der Waals surface area (Å²) in [6.45, 7) is 14.1. The van der Waals surface area contributed by atoms with Crippen LogP contribution in [-0.2, 0) is 21.5 Å². The number of amides is 1. The van der Waals surface area contributed by atoms with Crippen molar-refractivity contribution in [1.82, 2.24) is 14.8 Å². The van der Waals surface area contributed by atoms with Gasteiger partial charge in [-0.25, -0.2) is 0 Å². The van der Waals surface area contributed by atoms with Crippen LogP contribution < -0.4 is 5.32 Å². The zero-order valence-corrected chi connectivity index (χ0v) is 22.2. The maximum Gasteiger partial charge on any atom is 0.234 e. The van der Waals surface area contributed by atoms with Gasteiger partial charge < -0.3 is 14.6 Å². The van der Waals surface area contributed by atoms with Crippen molar-refractivity contribution < 1.29 is 9.53 Å². The Bertz CT molecular complexity index is 1110. The number of hydrogen-bond donors (Lipinski definition) is 1. The zero-order chi connectivity index (χ0) is 24.9. The normalized spacial score (nSPS) is 11.6. The topological polar surface area (TPSA) is 69.0 Å². The molecule has 1 amide bonds. The number of carbonyl (C=O) groups is 1. The molecule has 1 heterocycles. The standard InChI is InChI=1S/C27H36N4O2S/c1-18-15-19(2)24(20(3)16-18)28-23(32)17-34-26-30-29-25(31(26)13-8-14-33-7)21-9-11-22(12-10-21)27(4,5)6/h9-12,15-16H,8,13-14,17H2,1-7H3,(H,28,32). The first-order valence-electron chi connectivity index (χ1n) is 11.6. The summed E-state index contributed by atoms with van der Waals surface area (Å²) in [4.78, 5) is 12.7. The molecule has 1 aromatic heterocycles. The lowest BCUT2D eigenvalue weighted by Gasteiger charge is -2.19. The van der Waals surface area contributed by atoms with Crippen molar-refractivity contribution in [3.63, 3.8) is 0 Å². The minimum Gasteiger partial charge on any atom is -0.385 e. The molecule has 34 heavy (non-hydrogen) atoms. The van der Waals surface area contributed by atoms with E-state index in [1.54, 1.807) is 7.11 Å². The third-order valence-corrected chi connectivity index (χ3v) is 6.70. The molecule has 7 heteroatoms. The molecule has 0 aliphatic heterocycles. The van der Waals surface area contributed by atoms with Crippen LogP contribution in [0, 0.1) is 20.8 Å². The van der Waals surface area contributed by atoms with Gasteiger partial charge in [-0.2, -0.15) is 0 Å². The highest BCUT2D eigenvalue weighted by Crippen LogP contribution is 2.28. The van der Waals surface area contributed by atoms with Gasteiger partial charge in [0.15, 0.2) is 11.0 Å². The summed E-state index contributed by atoms with van der Waals surface area (Å²) in [6.07, 6.45) is 0.836. The van der Waals surface area contributed by atoms with E-state index < -0.39 is 0 Å². The molecule has 0 saturated heterocycles. The Balaban J connectivity index is 1.77. The lowest BCUT2D eigenvalue weighted by molar-refractivity contribution is -0.113. The maximum absolute atomic E-state index is 12.7. The Labute approximate surface area is 207 Å². The van der Waals surface area contributed by atoms with E-state index >= 15 is 0 Å². The van der Waals surface area contributed by atoms with Crippen molar-refractivity contribution >= 4 is 23.4 Å². The summed E-state index contributed by atoms with van der Waals surface area (Å²) in [6, 6.07) is 12.7. The Morgan fingerprint density at radius 3 is 2.29 bits per heavy atom. The fourth-order valence-corrected chi connectivity index (χ4v) is 4.74. The maximum atomic E-state index is 12.7. The van der Waals surface area contributed by atoms with Gasteiger partial charge in [-0.3, -0.25) is 4.79 Å². The van der Waals surface area contributed by atoms with E-state index in [1.807, 2.05) is 13.8 Å². The van der Waals surface area contributed by atoms with E-state index in [9.17, 15) is 4.79 Å². The second-order valence-electron chi connectivity index (χ2n) is 9.74. The highest BCUT2D eigenvalue weighted by molar-refractivity contribution is 7.99. The summed E-state index contributed by atoms with van der Waals surface area (Å²) in [5, 5.41) is 12.7. The number of benzene rings is 2. The van der Waals surface area contributed by atoms with Gasteiger partial charge in [-0.15, -0.1) is 10.2 Å². The number of aryl methyl sites for hydroxylation is 3. The molecule has 3 aromatic rings. The van der Waals surface area contributed by atoms with Crippen LogP contribution in [0.15, 0.2) is 41.6 Å². The Morgan fingerprint density at radius 1 is 1.06 bits per heavy atom. The smallest absolute Gasteiger partial charge is 0.234 e. The molecule has 0 radical (unpaired) electrons. The molecule has 6 nitrogen and oxygen atoms in total. The monoisotopic (exact) mass is 480 g/mol. The number of nitrogens with one attached hydrogen (secondary N) is 1. The number of aromatic nitrogens is 3. The predicted octanol–water partition coefficient (Wildman–Crippen LogP) is 5.94. The average Bonchev–Trinajstić information content (AvgIpc) is 3.17. The van der Waals surface area contributed by atoms with Gasteiger partial charge >= 0.3 is 0 Å². The Morgan fingerprint density at radius 2 is 1.71 bits per heavy atom. The number of rotatable bonds is 9. The van der Waals surface area contributed by atoms with E-state index in [1.165, 1.54) is 22.9 Å². The van der Waals surface area contributed by atoms with Gasteiger partial charge in [0.2, 0.25) is 5.91 Å². The van der Waals surface area contributed by atoms with Gasteiger partial charge in [0, 0.05) is 31.5 Å². The molecular formula is C27H36N4O2S. The number of anilines is 1. The predicted molar refractivity (Wildman–Crippen MR) is 141 cm³/mol. The molecule has 0 unspecified atom stereocenters. The molecule has 0 spiro atoms. The largest absolute Gasteiger partial charge is 0.385 e. The molecule has 2 aromatic carbocycles. The first kappa shape index (κ1) is 26.0. The van der Waals surface area contributed by atoms with Crippen molar-refractivity contribution in [3.8, 4) is 11.4 Å². The van der Waals surface area contributed by atoms with Gasteiger partial charge in [0.1, 0.15) is 0 Å². The minimum atomic E-state index is -0.0532. The third-order valence-electron chi connectivity index (χ3n) is 5.73. The number of ether oxygens (including phenoxy) is 1. The fourth-order valence-electron chi connectivity index (χ4n) is 3.98. The van der Waals surface area contributed by atoms with Crippen LogP contribution in [0.3, 0.4) is 0 Å². The summed E-state index contributed by atoms with van der Waals surface area (Å²) in [5.41, 5.74) is 6.59.